The topological polar surface area (TPSA) is 26.0 Å². The molecule has 0 fully saturated rings. The summed E-state index contributed by atoms with van der Waals surface area (Å²) in [4.78, 5) is 0. The van der Waals surface area contributed by atoms with Crippen LogP contribution in [0.3, 0.4) is 0 Å². The lowest BCUT2D eigenvalue weighted by atomic mass is 9.92. The Morgan fingerprint density at radius 3 is 2.35 bits per heavy atom. The van der Waals surface area contributed by atoms with E-state index in [4.69, 9.17) is 5.73 Å². The summed E-state index contributed by atoms with van der Waals surface area (Å²) in [5.74, 6) is 0.325. The molecule has 0 saturated carbocycles. The van der Waals surface area contributed by atoms with Gasteiger partial charge in [0.1, 0.15) is 0 Å². The molecule has 0 aromatic heterocycles. The molecular weight excluding hydrogens is 227 g/mol. The van der Waals surface area contributed by atoms with E-state index in [0.717, 1.165) is 12.5 Å². The molecule has 0 aliphatic carbocycles. The van der Waals surface area contributed by atoms with Crippen LogP contribution in [0.1, 0.15) is 43.9 Å². The van der Waals surface area contributed by atoms with Gasteiger partial charge in [0.2, 0.25) is 0 Å². The first-order chi connectivity index (χ1) is 7.86. The van der Waals surface area contributed by atoms with Gasteiger partial charge >= 0.3 is 6.18 Å². The third-order valence-electron chi connectivity index (χ3n) is 3.02. The van der Waals surface area contributed by atoms with Crippen LogP contribution in [0.25, 0.3) is 0 Å². The maximum Gasteiger partial charge on any atom is 0.416 e. The number of nitrogens with two attached hydrogens (primary N) is 1. The largest absolute Gasteiger partial charge is 0.416 e. The third-order valence-corrected chi connectivity index (χ3v) is 3.02. The molecule has 4 heteroatoms. The van der Waals surface area contributed by atoms with Crippen molar-refractivity contribution in [3.05, 3.63) is 35.4 Å². The third kappa shape index (κ3) is 3.73. The molecule has 2 unspecified atom stereocenters. The molecule has 1 aromatic rings. The summed E-state index contributed by atoms with van der Waals surface area (Å²) in [6, 6.07) is 4.99. The fourth-order valence-corrected chi connectivity index (χ4v) is 1.81. The maximum atomic E-state index is 12.8. The molecule has 0 saturated heterocycles. The Morgan fingerprint density at radius 2 is 1.82 bits per heavy atom. The van der Waals surface area contributed by atoms with Gasteiger partial charge in [-0.15, -0.1) is 0 Å². The Balaban J connectivity index is 2.97. The zero-order valence-electron chi connectivity index (χ0n) is 10.1. The Morgan fingerprint density at radius 1 is 1.24 bits per heavy atom. The first-order valence-electron chi connectivity index (χ1n) is 5.78. The van der Waals surface area contributed by atoms with E-state index in [1.54, 1.807) is 6.07 Å². The Hall–Kier alpha value is -1.03. The average Bonchev–Trinajstić information content (AvgIpc) is 2.27. The summed E-state index contributed by atoms with van der Waals surface area (Å²) in [6.07, 6.45) is -2.84. The van der Waals surface area contributed by atoms with E-state index in [1.165, 1.54) is 12.1 Å². The van der Waals surface area contributed by atoms with Gasteiger partial charge in [0.05, 0.1) is 5.56 Å². The highest BCUT2D eigenvalue weighted by Crippen LogP contribution is 2.35. The molecule has 0 amide bonds. The van der Waals surface area contributed by atoms with Crippen LogP contribution in [0.4, 0.5) is 13.2 Å². The van der Waals surface area contributed by atoms with E-state index in [2.05, 4.69) is 0 Å². The summed E-state index contributed by atoms with van der Waals surface area (Å²) in [7, 11) is 0. The number of hydrogen-bond acceptors (Lipinski definition) is 1. The fourth-order valence-electron chi connectivity index (χ4n) is 1.81. The van der Waals surface area contributed by atoms with Crippen LogP contribution < -0.4 is 5.73 Å². The summed E-state index contributed by atoms with van der Waals surface area (Å²) < 4.78 is 38.3. The van der Waals surface area contributed by atoms with Gasteiger partial charge < -0.3 is 5.73 Å². The van der Waals surface area contributed by atoms with Crippen molar-refractivity contribution >= 4 is 0 Å². The first-order valence-corrected chi connectivity index (χ1v) is 5.78. The molecule has 2 N–H and O–H groups in total. The van der Waals surface area contributed by atoms with Gasteiger partial charge in [0.25, 0.3) is 0 Å². The summed E-state index contributed by atoms with van der Waals surface area (Å²) in [5, 5.41) is 0. The predicted molar refractivity (Wildman–Crippen MR) is 62.4 cm³/mol. The van der Waals surface area contributed by atoms with Gasteiger partial charge in [0, 0.05) is 6.04 Å². The molecule has 0 bridgehead atoms. The number of alkyl halides is 3. The molecule has 0 aliphatic heterocycles. The lowest BCUT2D eigenvalue weighted by Crippen LogP contribution is -2.19. The molecule has 1 nitrogen and oxygen atoms in total. The van der Waals surface area contributed by atoms with Crippen molar-refractivity contribution in [2.75, 3.05) is 0 Å². The molecular formula is C13H18F3N. The molecule has 1 aromatic carbocycles. The van der Waals surface area contributed by atoms with Gasteiger partial charge in [-0.25, -0.2) is 0 Å². The smallest absolute Gasteiger partial charge is 0.324 e. The Bertz CT molecular complexity index is 360. The fraction of sp³-hybridized carbons (Fsp3) is 0.538. The molecule has 0 heterocycles. The highest BCUT2D eigenvalue weighted by atomic mass is 19.4. The van der Waals surface area contributed by atoms with Crippen molar-refractivity contribution in [1.82, 2.24) is 0 Å². The number of rotatable bonds is 4. The van der Waals surface area contributed by atoms with Crippen LogP contribution in [0.15, 0.2) is 24.3 Å². The van der Waals surface area contributed by atoms with Crippen LogP contribution in [0.5, 0.6) is 0 Å². The van der Waals surface area contributed by atoms with Crippen LogP contribution in [-0.4, -0.2) is 0 Å². The van der Waals surface area contributed by atoms with Gasteiger partial charge in [0.15, 0.2) is 0 Å². The zero-order valence-corrected chi connectivity index (χ0v) is 10.1. The minimum Gasteiger partial charge on any atom is -0.324 e. The second-order valence-electron chi connectivity index (χ2n) is 4.44. The quantitative estimate of drug-likeness (QED) is 0.847. The van der Waals surface area contributed by atoms with E-state index >= 15 is 0 Å². The highest BCUT2D eigenvalue weighted by Gasteiger charge is 2.34. The summed E-state index contributed by atoms with van der Waals surface area (Å²) in [5.41, 5.74) is 5.45. The average molecular weight is 245 g/mol. The second-order valence-corrected chi connectivity index (χ2v) is 4.44. The van der Waals surface area contributed by atoms with Crippen LogP contribution in [-0.2, 0) is 6.18 Å². The number of benzene rings is 1. The van der Waals surface area contributed by atoms with Crippen molar-refractivity contribution in [3.8, 4) is 0 Å². The van der Waals surface area contributed by atoms with Crippen molar-refractivity contribution in [1.29, 1.82) is 0 Å². The predicted octanol–water partition coefficient (Wildman–Crippen LogP) is 4.14. The minimum atomic E-state index is -4.33. The van der Waals surface area contributed by atoms with Gasteiger partial charge in [-0.05, 0) is 24.0 Å². The van der Waals surface area contributed by atoms with Gasteiger partial charge in [-0.2, -0.15) is 13.2 Å². The van der Waals surface area contributed by atoms with Crippen LogP contribution >= 0.6 is 0 Å². The molecule has 2 atom stereocenters. The molecule has 0 aliphatic rings. The first kappa shape index (κ1) is 14.0. The molecule has 17 heavy (non-hydrogen) atoms. The van der Waals surface area contributed by atoms with Crippen molar-refractivity contribution in [2.24, 2.45) is 11.7 Å². The standard InChI is InChI=1S/C13H18F3N/c1-3-9(2)8-12(17)10-6-4-5-7-11(10)13(14,15)16/h4-7,9,12H,3,8,17H2,1-2H3. The van der Waals surface area contributed by atoms with Gasteiger partial charge in [-0.3, -0.25) is 0 Å². The summed E-state index contributed by atoms with van der Waals surface area (Å²) in [6.45, 7) is 4.00. The van der Waals surface area contributed by atoms with E-state index < -0.39 is 17.8 Å². The summed E-state index contributed by atoms with van der Waals surface area (Å²) >= 11 is 0. The van der Waals surface area contributed by atoms with Crippen LogP contribution in [0, 0.1) is 5.92 Å². The van der Waals surface area contributed by atoms with E-state index in [1.807, 2.05) is 13.8 Å². The Kier molecular flexibility index (Phi) is 4.57. The molecule has 0 radical (unpaired) electrons. The Labute approximate surface area is 99.8 Å². The normalized spacial score (nSPS) is 15.6. The lowest BCUT2D eigenvalue weighted by Gasteiger charge is -2.20. The zero-order chi connectivity index (χ0) is 13.1. The minimum absolute atomic E-state index is 0.195. The second kappa shape index (κ2) is 5.54. The van der Waals surface area contributed by atoms with Gasteiger partial charge in [-0.1, -0.05) is 38.5 Å². The highest BCUT2D eigenvalue weighted by molar-refractivity contribution is 5.32. The maximum absolute atomic E-state index is 12.8. The molecule has 96 valence electrons. The molecule has 0 spiro atoms. The van der Waals surface area contributed by atoms with E-state index in [9.17, 15) is 13.2 Å². The van der Waals surface area contributed by atoms with Crippen molar-refractivity contribution < 1.29 is 13.2 Å². The lowest BCUT2D eigenvalue weighted by molar-refractivity contribution is -0.138. The number of hydrogen-bond donors (Lipinski definition) is 1. The van der Waals surface area contributed by atoms with Crippen LogP contribution in [0.2, 0.25) is 0 Å². The monoisotopic (exact) mass is 245 g/mol. The van der Waals surface area contributed by atoms with Crippen molar-refractivity contribution in [2.45, 2.75) is 38.9 Å². The van der Waals surface area contributed by atoms with E-state index in [0.29, 0.717) is 12.3 Å². The van der Waals surface area contributed by atoms with Crippen molar-refractivity contribution in [3.63, 3.8) is 0 Å². The number of halogens is 3. The van der Waals surface area contributed by atoms with E-state index in [-0.39, 0.29) is 5.56 Å². The SMILES string of the molecule is CCC(C)CC(N)c1ccccc1C(F)(F)F. The molecule has 1 rings (SSSR count).